The molecule has 1 amide bonds. The molecule has 5 heteroatoms. The van der Waals surface area contributed by atoms with E-state index in [0.29, 0.717) is 0 Å². The number of rotatable bonds is 0. The first kappa shape index (κ1) is 11.8. The molecule has 1 heterocycles. The summed E-state index contributed by atoms with van der Waals surface area (Å²) < 4.78 is 18.1. The third-order valence-electron chi connectivity index (χ3n) is 2.03. The van der Waals surface area contributed by atoms with Crippen molar-refractivity contribution in [3.8, 4) is 6.07 Å². The second kappa shape index (κ2) is 4.05. The Morgan fingerprint density at radius 3 is 2.67 bits per heavy atom. The van der Waals surface area contributed by atoms with Crippen LogP contribution in [0.5, 0.6) is 0 Å². The van der Waals surface area contributed by atoms with Crippen LogP contribution < -0.4 is 0 Å². The second-order valence-electron chi connectivity index (χ2n) is 4.61. The van der Waals surface area contributed by atoms with Crippen LogP contribution in [0.15, 0.2) is 0 Å². The molecule has 1 aliphatic rings. The summed E-state index contributed by atoms with van der Waals surface area (Å²) in [4.78, 5) is 12.7. The molecular formula is C10H15FN2O2. The summed E-state index contributed by atoms with van der Waals surface area (Å²) in [6.45, 7) is 5.15. The largest absolute Gasteiger partial charge is 0.444 e. The minimum absolute atomic E-state index is 0.0485. The molecule has 0 unspecified atom stereocenters. The molecule has 0 aliphatic carbocycles. The maximum Gasteiger partial charge on any atom is 0.411 e. The first-order valence-electron chi connectivity index (χ1n) is 4.87. The summed E-state index contributed by atoms with van der Waals surface area (Å²) in [5, 5.41) is 8.74. The topological polar surface area (TPSA) is 53.3 Å². The number of likely N-dealkylation sites (tertiary alicyclic amines) is 1. The Kier molecular flexibility index (Phi) is 3.18. The fraction of sp³-hybridized carbons (Fsp3) is 0.800. The van der Waals surface area contributed by atoms with Gasteiger partial charge in [-0.05, 0) is 20.8 Å². The van der Waals surface area contributed by atoms with E-state index < -0.39 is 23.9 Å². The molecule has 0 aromatic heterocycles. The van der Waals surface area contributed by atoms with Crippen molar-refractivity contribution >= 4 is 6.09 Å². The lowest BCUT2D eigenvalue weighted by molar-refractivity contribution is 0.0250. The van der Waals surface area contributed by atoms with Gasteiger partial charge >= 0.3 is 6.09 Å². The van der Waals surface area contributed by atoms with Crippen LogP contribution in [0.4, 0.5) is 9.18 Å². The number of amides is 1. The van der Waals surface area contributed by atoms with Gasteiger partial charge in [-0.3, -0.25) is 4.90 Å². The van der Waals surface area contributed by atoms with Gasteiger partial charge in [0.15, 0.2) is 0 Å². The third-order valence-corrected chi connectivity index (χ3v) is 2.03. The maximum absolute atomic E-state index is 13.0. The minimum Gasteiger partial charge on any atom is -0.444 e. The van der Waals surface area contributed by atoms with Crippen LogP contribution >= 0.6 is 0 Å². The van der Waals surface area contributed by atoms with Crippen molar-refractivity contribution in [3.05, 3.63) is 0 Å². The van der Waals surface area contributed by atoms with Crippen LogP contribution in [0, 0.1) is 11.3 Å². The number of alkyl halides is 1. The molecule has 1 rings (SSSR count). The first-order chi connectivity index (χ1) is 6.83. The van der Waals surface area contributed by atoms with Gasteiger partial charge in [0.25, 0.3) is 0 Å². The van der Waals surface area contributed by atoms with Crippen molar-refractivity contribution in [2.75, 3.05) is 6.54 Å². The second-order valence-corrected chi connectivity index (χ2v) is 4.61. The van der Waals surface area contributed by atoms with Crippen LogP contribution in [0.25, 0.3) is 0 Å². The number of nitrogens with zero attached hydrogens (tertiary/aromatic N) is 2. The maximum atomic E-state index is 13.0. The number of halogens is 1. The molecule has 0 saturated carbocycles. The van der Waals surface area contributed by atoms with E-state index in [1.54, 1.807) is 20.8 Å². The van der Waals surface area contributed by atoms with Crippen molar-refractivity contribution in [1.82, 2.24) is 4.90 Å². The van der Waals surface area contributed by atoms with Gasteiger partial charge in [0.1, 0.15) is 17.8 Å². The number of ether oxygens (including phenoxy) is 1. The number of carbonyl (C=O) groups is 1. The van der Waals surface area contributed by atoms with Gasteiger partial charge in [0.05, 0.1) is 12.6 Å². The highest BCUT2D eigenvalue weighted by Gasteiger charge is 2.37. The summed E-state index contributed by atoms with van der Waals surface area (Å²) in [6, 6.07) is 1.20. The molecule has 1 fully saturated rings. The number of carbonyl (C=O) groups excluding carboxylic acids is 1. The summed E-state index contributed by atoms with van der Waals surface area (Å²) >= 11 is 0. The number of nitriles is 1. The summed E-state index contributed by atoms with van der Waals surface area (Å²) in [7, 11) is 0. The Morgan fingerprint density at radius 1 is 1.60 bits per heavy atom. The molecule has 84 valence electrons. The molecule has 2 atom stereocenters. The summed E-state index contributed by atoms with van der Waals surface area (Å²) in [5.41, 5.74) is -0.620. The SMILES string of the molecule is CC(C)(C)OC(=O)N1C[C@@H](F)C[C@@H]1C#N. The van der Waals surface area contributed by atoms with E-state index in [1.807, 2.05) is 6.07 Å². The van der Waals surface area contributed by atoms with Crippen LogP contribution in [0.3, 0.4) is 0 Å². The predicted molar refractivity (Wildman–Crippen MR) is 51.9 cm³/mol. The van der Waals surface area contributed by atoms with Gasteiger partial charge in [-0.15, -0.1) is 0 Å². The molecule has 0 spiro atoms. The molecule has 0 aromatic carbocycles. The van der Waals surface area contributed by atoms with E-state index in [4.69, 9.17) is 10.00 Å². The van der Waals surface area contributed by atoms with Crippen LogP contribution in [0.1, 0.15) is 27.2 Å². The lowest BCUT2D eigenvalue weighted by Crippen LogP contribution is -2.39. The smallest absolute Gasteiger partial charge is 0.411 e. The van der Waals surface area contributed by atoms with Crippen LogP contribution in [-0.4, -0.2) is 35.4 Å². The lowest BCUT2D eigenvalue weighted by atomic mass is 10.2. The Labute approximate surface area is 88.6 Å². The van der Waals surface area contributed by atoms with E-state index in [9.17, 15) is 9.18 Å². The molecule has 4 nitrogen and oxygen atoms in total. The van der Waals surface area contributed by atoms with E-state index in [-0.39, 0.29) is 13.0 Å². The molecule has 0 aromatic rings. The van der Waals surface area contributed by atoms with Crippen molar-refractivity contribution < 1.29 is 13.9 Å². The zero-order chi connectivity index (χ0) is 11.6. The fourth-order valence-corrected chi connectivity index (χ4v) is 1.43. The van der Waals surface area contributed by atoms with Gasteiger partial charge < -0.3 is 4.74 Å². The van der Waals surface area contributed by atoms with Gasteiger partial charge in [0.2, 0.25) is 0 Å². The third kappa shape index (κ3) is 3.08. The Bertz CT molecular complexity index is 293. The van der Waals surface area contributed by atoms with E-state index >= 15 is 0 Å². The monoisotopic (exact) mass is 214 g/mol. The van der Waals surface area contributed by atoms with Gasteiger partial charge in [-0.2, -0.15) is 5.26 Å². The predicted octanol–water partition coefficient (Wildman–Crippen LogP) is 1.86. The highest BCUT2D eigenvalue weighted by molar-refractivity contribution is 5.69. The zero-order valence-electron chi connectivity index (χ0n) is 9.16. The highest BCUT2D eigenvalue weighted by atomic mass is 19.1. The Morgan fingerprint density at radius 2 is 2.20 bits per heavy atom. The van der Waals surface area contributed by atoms with Crippen molar-refractivity contribution in [1.29, 1.82) is 5.26 Å². The van der Waals surface area contributed by atoms with Crippen molar-refractivity contribution in [2.45, 2.75) is 45.0 Å². The Balaban J connectivity index is 2.64. The van der Waals surface area contributed by atoms with Gasteiger partial charge in [-0.25, -0.2) is 9.18 Å². The molecule has 0 radical (unpaired) electrons. The lowest BCUT2D eigenvalue weighted by Gasteiger charge is -2.25. The van der Waals surface area contributed by atoms with Crippen LogP contribution in [0.2, 0.25) is 0 Å². The molecule has 0 N–H and O–H groups in total. The molecular weight excluding hydrogens is 199 g/mol. The normalized spacial score (nSPS) is 26.2. The average molecular weight is 214 g/mol. The molecule has 15 heavy (non-hydrogen) atoms. The van der Waals surface area contributed by atoms with E-state index in [2.05, 4.69) is 0 Å². The molecule has 0 bridgehead atoms. The van der Waals surface area contributed by atoms with Crippen LogP contribution in [-0.2, 0) is 4.74 Å². The Hall–Kier alpha value is -1.31. The fourth-order valence-electron chi connectivity index (χ4n) is 1.43. The number of hydrogen-bond donors (Lipinski definition) is 0. The van der Waals surface area contributed by atoms with Gasteiger partial charge in [0, 0.05) is 6.42 Å². The highest BCUT2D eigenvalue weighted by Crippen LogP contribution is 2.22. The first-order valence-corrected chi connectivity index (χ1v) is 4.87. The summed E-state index contributed by atoms with van der Waals surface area (Å²) in [5.74, 6) is 0. The average Bonchev–Trinajstić information content (AvgIpc) is 2.43. The van der Waals surface area contributed by atoms with E-state index in [1.165, 1.54) is 0 Å². The summed E-state index contributed by atoms with van der Waals surface area (Å²) in [6.07, 6.45) is -1.66. The number of hydrogen-bond acceptors (Lipinski definition) is 3. The minimum atomic E-state index is -1.12. The van der Waals surface area contributed by atoms with Crippen molar-refractivity contribution in [2.24, 2.45) is 0 Å². The standard InChI is InChI=1S/C10H15FN2O2/c1-10(2,3)15-9(14)13-6-7(11)4-8(13)5-12/h7-8H,4,6H2,1-3H3/t7-,8+/m0/s1. The molecule has 1 saturated heterocycles. The van der Waals surface area contributed by atoms with Crippen molar-refractivity contribution in [3.63, 3.8) is 0 Å². The van der Waals surface area contributed by atoms with E-state index in [0.717, 1.165) is 4.90 Å². The van der Waals surface area contributed by atoms with Gasteiger partial charge in [-0.1, -0.05) is 0 Å². The molecule has 1 aliphatic heterocycles. The zero-order valence-corrected chi connectivity index (χ0v) is 9.16. The quantitative estimate of drug-likeness (QED) is 0.618.